The second kappa shape index (κ2) is 2.06. The van der Waals surface area contributed by atoms with Gasteiger partial charge in [0.25, 0.3) is 5.91 Å². The minimum Gasteiger partial charge on any atom is -0.337 e. The zero-order valence-electron chi connectivity index (χ0n) is 6.42. The predicted molar refractivity (Wildman–Crippen MR) is 36.4 cm³/mol. The summed E-state index contributed by atoms with van der Waals surface area (Å²) in [7, 11) is 1.52. The summed E-state index contributed by atoms with van der Waals surface area (Å²) in [6.07, 6.45) is 0. The molecule has 0 radical (unpaired) electrons. The summed E-state index contributed by atoms with van der Waals surface area (Å²) in [5, 5.41) is 8.58. The molecule has 0 spiro atoms. The molecule has 1 aliphatic rings. The average Bonchev–Trinajstić information content (AvgIpc) is 2.17. The molecule has 0 aromatic rings. The summed E-state index contributed by atoms with van der Waals surface area (Å²) in [6, 6.07) is 1.84. The maximum absolute atomic E-state index is 11.1. The van der Waals surface area contributed by atoms with Crippen LogP contribution in [0.2, 0.25) is 0 Å². The maximum atomic E-state index is 11.1. The zero-order valence-corrected chi connectivity index (χ0v) is 6.42. The van der Waals surface area contributed by atoms with Gasteiger partial charge < -0.3 is 4.90 Å². The van der Waals surface area contributed by atoms with Gasteiger partial charge in [-0.15, -0.1) is 0 Å². The van der Waals surface area contributed by atoms with Gasteiger partial charge in [0, 0.05) is 13.6 Å². The molecule has 0 bridgehead atoms. The Hall–Kier alpha value is -1.37. The van der Waals surface area contributed by atoms with Gasteiger partial charge in [0.2, 0.25) is 5.78 Å². The molecule has 4 heteroatoms. The number of likely N-dealkylation sites (N-methyl/N-ethyl adjacent to an activating group) is 1. The lowest BCUT2D eigenvalue weighted by molar-refractivity contribution is -0.140. The average molecular weight is 152 g/mol. The van der Waals surface area contributed by atoms with Crippen LogP contribution in [-0.2, 0) is 9.59 Å². The Balaban J connectivity index is 3.03. The largest absolute Gasteiger partial charge is 0.337 e. The first kappa shape index (κ1) is 7.73. The predicted octanol–water partition coefficient (Wildman–Crippen LogP) is -0.443. The van der Waals surface area contributed by atoms with Crippen LogP contribution in [0.4, 0.5) is 0 Å². The molecular weight excluding hydrogens is 144 g/mol. The van der Waals surface area contributed by atoms with Crippen LogP contribution in [-0.4, -0.2) is 30.2 Å². The van der Waals surface area contributed by atoms with E-state index in [1.807, 2.05) is 6.07 Å². The Morgan fingerprint density at radius 2 is 2.18 bits per heavy atom. The number of nitriles is 1. The van der Waals surface area contributed by atoms with Crippen molar-refractivity contribution >= 4 is 11.7 Å². The first-order chi connectivity index (χ1) is 5.01. The van der Waals surface area contributed by atoms with Gasteiger partial charge >= 0.3 is 0 Å². The molecule has 1 heterocycles. The molecule has 1 atom stereocenters. The number of likely N-dealkylation sites (tertiary alicyclic amines) is 1. The third-order valence-corrected chi connectivity index (χ3v) is 1.84. The molecule has 0 aliphatic carbocycles. The van der Waals surface area contributed by atoms with Crippen molar-refractivity contribution in [3.05, 3.63) is 0 Å². The van der Waals surface area contributed by atoms with E-state index in [1.54, 1.807) is 0 Å². The molecule has 0 unspecified atom stereocenters. The molecule has 4 nitrogen and oxygen atoms in total. The SMILES string of the molecule is CN1C[C@@](C)(C#N)C(=O)C1=O. The number of rotatable bonds is 0. The Morgan fingerprint density at radius 1 is 1.64 bits per heavy atom. The molecule has 58 valence electrons. The van der Waals surface area contributed by atoms with Crippen molar-refractivity contribution in [2.45, 2.75) is 6.92 Å². The molecule has 0 aromatic carbocycles. The third kappa shape index (κ3) is 0.891. The lowest BCUT2D eigenvalue weighted by Crippen LogP contribution is -2.25. The molecule has 0 N–H and O–H groups in total. The van der Waals surface area contributed by atoms with Crippen LogP contribution >= 0.6 is 0 Å². The quantitative estimate of drug-likeness (QED) is 0.442. The van der Waals surface area contributed by atoms with Gasteiger partial charge in [-0.2, -0.15) is 5.26 Å². The van der Waals surface area contributed by atoms with E-state index in [2.05, 4.69) is 0 Å². The van der Waals surface area contributed by atoms with Gasteiger partial charge in [0.1, 0.15) is 5.41 Å². The zero-order chi connectivity index (χ0) is 8.65. The second-order valence-corrected chi connectivity index (χ2v) is 2.93. The van der Waals surface area contributed by atoms with Gasteiger partial charge in [-0.3, -0.25) is 9.59 Å². The summed E-state index contributed by atoms with van der Waals surface area (Å²) in [4.78, 5) is 23.2. The molecule has 1 fully saturated rings. The minimum absolute atomic E-state index is 0.209. The normalized spacial score (nSPS) is 30.8. The van der Waals surface area contributed by atoms with Crippen LogP contribution in [0.25, 0.3) is 0 Å². The Bertz CT molecular complexity index is 266. The molecule has 1 amide bonds. The first-order valence-corrected chi connectivity index (χ1v) is 3.22. The van der Waals surface area contributed by atoms with Crippen molar-refractivity contribution in [3.8, 4) is 6.07 Å². The number of amides is 1. The minimum atomic E-state index is -1.12. The number of carbonyl (C=O) groups excluding carboxylic acids is 2. The molecule has 11 heavy (non-hydrogen) atoms. The fourth-order valence-corrected chi connectivity index (χ4v) is 1.11. The Kier molecular flexibility index (Phi) is 1.45. The summed E-state index contributed by atoms with van der Waals surface area (Å²) in [5.74, 6) is -1.16. The standard InChI is InChI=1S/C7H8N2O2/c1-7(3-8)4-9(2)6(11)5(7)10/h4H2,1-2H3/t7-/m1/s1. The number of carbonyl (C=O) groups is 2. The van der Waals surface area contributed by atoms with E-state index < -0.39 is 17.1 Å². The number of hydrogen-bond donors (Lipinski definition) is 0. The highest BCUT2D eigenvalue weighted by atomic mass is 16.2. The van der Waals surface area contributed by atoms with E-state index in [0.717, 1.165) is 0 Å². The topological polar surface area (TPSA) is 61.2 Å². The van der Waals surface area contributed by atoms with Crippen LogP contribution in [0.3, 0.4) is 0 Å². The molecule has 0 aromatic heterocycles. The Morgan fingerprint density at radius 3 is 2.36 bits per heavy atom. The van der Waals surface area contributed by atoms with Crippen molar-refractivity contribution < 1.29 is 9.59 Å². The second-order valence-electron chi connectivity index (χ2n) is 2.93. The van der Waals surface area contributed by atoms with Crippen LogP contribution in [0.1, 0.15) is 6.92 Å². The van der Waals surface area contributed by atoms with Crippen molar-refractivity contribution in [3.63, 3.8) is 0 Å². The molecule has 1 aliphatic heterocycles. The van der Waals surface area contributed by atoms with Crippen LogP contribution < -0.4 is 0 Å². The molecular formula is C7H8N2O2. The van der Waals surface area contributed by atoms with Gasteiger partial charge in [-0.1, -0.05) is 0 Å². The number of hydrogen-bond acceptors (Lipinski definition) is 3. The van der Waals surface area contributed by atoms with E-state index in [-0.39, 0.29) is 6.54 Å². The highest BCUT2D eigenvalue weighted by Crippen LogP contribution is 2.24. The monoisotopic (exact) mass is 152 g/mol. The van der Waals surface area contributed by atoms with Crippen LogP contribution in [0.5, 0.6) is 0 Å². The van der Waals surface area contributed by atoms with E-state index >= 15 is 0 Å². The van der Waals surface area contributed by atoms with Crippen molar-refractivity contribution in [1.29, 1.82) is 5.26 Å². The summed E-state index contributed by atoms with van der Waals surface area (Å²) in [5.41, 5.74) is -1.12. The smallest absolute Gasteiger partial charge is 0.291 e. The molecule has 0 saturated carbocycles. The number of Topliss-reactive ketones (excluding diaryl/α,β-unsaturated/α-hetero) is 1. The number of ketones is 1. The van der Waals surface area contributed by atoms with Crippen molar-refractivity contribution in [2.24, 2.45) is 5.41 Å². The fraction of sp³-hybridized carbons (Fsp3) is 0.571. The summed E-state index contributed by atoms with van der Waals surface area (Å²) < 4.78 is 0. The lowest BCUT2D eigenvalue weighted by atomic mass is 9.91. The highest BCUT2D eigenvalue weighted by molar-refractivity contribution is 6.40. The van der Waals surface area contributed by atoms with E-state index in [4.69, 9.17) is 5.26 Å². The molecule has 1 saturated heterocycles. The van der Waals surface area contributed by atoms with E-state index in [1.165, 1.54) is 18.9 Å². The van der Waals surface area contributed by atoms with Crippen molar-refractivity contribution in [1.82, 2.24) is 4.90 Å². The Labute approximate surface area is 64.4 Å². The highest BCUT2D eigenvalue weighted by Gasteiger charge is 2.47. The lowest BCUT2D eigenvalue weighted by Gasteiger charge is -2.09. The molecule has 1 rings (SSSR count). The van der Waals surface area contributed by atoms with Crippen LogP contribution in [0.15, 0.2) is 0 Å². The van der Waals surface area contributed by atoms with Gasteiger partial charge in [-0.05, 0) is 6.92 Å². The van der Waals surface area contributed by atoms with Crippen molar-refractivity contribution in [2.75, 3.05) is 13.6 Å². The fourth-order valence-electron chi connectivity index (χ4n) is 1.11. The van der Waals surface area contributed by atoms with Gasteiger partial charge in [-0.25, -0.2) is 0 Å². The van der Waals surface area contributed by atoms with Gasteiger partial charge in [0.05, 0.1) is 6.07 Å². The number of nitrogens with zero attached hydrogens (tertiary/aromatic N) is 2. The van der Waals surface area contributed by atoms with E-state index in [9.17, 15) is 9.59 Å². The van der Waals surface area contributed by atoms with Gasteiger partial charge in [0.15, 0.2) is 0 Å². The van der Waals surface area contributed by atoms with E-state index in [0.29, 0.717) is 0 Å². The third-order valence-electron chi connectivity index (χ3n) is 1.84. The summed E-state index contributed by atoms with van der Waals surface area (Å²) >= 11 is 0. The maximum Gasteiger partial charge on any atom is 0.291 e. The van der Waals surface area contributed by atoms with Crippen LogP contribution in [0, 0.1) is 16.7 Å². The first-order valence-electron chi connectivity index (χ1n) is 3.22. The summed E-state index contributed by atoms with van der Waals surface area (Å²) in [6.45, 7) is 1.69.